The Morgan fingerprint density at radius 2 is 1.80 bits per heavy atom. The van der Waals surface area contributed by atoms with Gasteiger partial charge in [0.05, 0.1) is 17.7 Å². The van der Waals surface area contributed by atoms with E-state index in [0.717, 1.165) is 11.1 Å². The lowest BCUT2D eigenvalue weighted by Gasteiger charge is -2.13. The molecule has 3 aromatic rings. The number of sulfonamides is 1. The third kappa shape index (κ3) is 4.77. The van der Waals surface area contributed by atoms with Gasteiger partial charge in [0.2, 0.25) is 5.88 Å². The molecule has 3 rings (SSSR count). The van der Waals surface area contributed by atoms with Gasteiger partial charge in [0.1, 0.15) is 0 Å². The third-order valence-electron chi connectivity index (χ3n) is 4.64. The van der Waals surface area contributed by atoms with Gasteiger partial charge in [-0.05, 0) is 49.2 Å². The minimum absolute atomic E-state index is 0.0143. The third-order valence-corrected chi connectivity index (χ3v) is 6.00. The fraction of sp³-hybridized carbons (Fsp3) is 0.182. The van der Waals surface area contributed by atoms with Crippen molar-refractivity contribution in [2.24, 2.45) is 0 Å². The van der Waals surface area contributed by atoms with E-state index in [1.165, 1.54) is 19.2 Å². The van der Waals surface area contributed by atoms with Crippen molar-refractivity contribution in [2.45, 2.75) is 25.3 Å². The van der Waals surface area contributed by atoms with E-state index in [1.807, 2.05) is 19.1 Å². The number of carbonyl (C=O) groups excluding carboxylic acids is 1. The summed E-state index contributed by atoms with van der Waals surface area (Å²) in [5, 5.41) is 2.79. The first kappa shape index (κ1) is 21.3. The van der Waals surface area contributed by atoms with Crippen LogP contribution in [0.1, 0.15) is 27.0 Å². The highest BCUT2D eigenvalue weighted by atomic mass is 32.2. The number of amides is 1. The van der Waals surface area contributed by atoms with Gasteiger partial charge in [-0.15, -0.1) is 0 Å². The van der Waals surface area contributed by atoms with E-state index >= 15 is 0 Å². The molecule has 7 nitrogen and oxygen atoms in total. The number of hydrogen-bond donors (Lipinski definition) is 2. The number of hydrogen-bond acceptors (Lipinski definition) is 5. The topological polar surface area (TPSA) is 97.4 Å². The second-order valence-electron chi connectivity index (χ2n) is 6.75. The van der Waals surface area contributed by atoms with Crippen molar-refractivity contribution in [1.82, 2.24) is 10.3 Å². The number of aromatic nitrogens is 1. The number of carbonyl (C=O) groups is 1. The monoisotopic (exact) mass is 425 g/mol. The molecular weight excluding hydrogens is 402 g/mol. The summed E-state index contributed by atoms with van der Waals surface area (Å²) in [6.07, 6.45) is 1.60. The van der Waals surface area contributed by atoms with E-state index in [4.69, 9.17) is 4.74 Å². The molecule has 2 N–H and O–H groups in total. The smallest absolute Gasteiger partial charge is 0.261 e. The molecule has 0 aliphatic rings. The number of ether oxygens (including phenoxy) is 1. The second-order valence-corrected chi connectivity index (χ2v) is 8.43. The summed E-state index contributed by atoms with van der Waals surface area (Å²) < 4.78 is 33.4. The maximum atomic E-state index is 12.8. The van der Waals surface area contributed by atoms with Crippen molar-refractivity contribution in [2.75, 3.05) is 11.8 Å². The number of anilines is 1. The first-order valence-electron chi connectivity index (χ1n) is 9.27. The molecule has 0 atom stereocenters. The summed E-state index contributed by atoms with van der Waals surface area (Å²) in [6.45, 7) is 3.77. The van der Waals surface area contributed by atoms with E-state index < -0.39 is 10.0 Å². The first-order chi connectivity index (χ1) is 14.3. The quantitative estimate of drug-likeness (QED) is 0.604. The predicted octanol–water partition coefficient (Wildman–Crippen LogP) is 3.44. The highest BCUT2D eigenvalue weighted by Crippen LogP contribution is 2.22. The fourth-order valence-corrected chi connectivity index (χ4v) is 4.07. The first-order valence-corrected chi connectivity index (χ1v) is 10.8. The van der Waals surface area contributed by atoms with Crippen molar-refractivity contribution in [3.05, 3.63) is 83.0 Å². The minimum atomic E-state index is -3.85. The van der Waals surface area contributed by atoms with Crippen molar-refractivity contribution in [3.63, 3.8) is 0 Å². The summed E-state index contributed by atoms with van der Waals surface area (Å²) in [4.78, 5) is 16.9. The van der Waals surface area contributed by atoms with Crippen LogP contribution in [0.15, 0.2) is 65.7 Å². The lowest BCUT2D eigenvalue weighted by molar-refractivity contribution is 0.0950. The molecule has 156 valence electrons. The van der Waals surface area contributed by atoms with Crippen LogP contribution < -0.4 is 14.8 Å². The molecule has 0 fully saturated rings. The van der Waals surface area contributed by atoms with Crippen molar-refractivity contribution in [1.29, 1.82) is 0 Å². The SMILES string of the molecule is COc1ncccc1CNC(=O)c1cc(S(=O)(=O)Nc2ccccc2C)ccc1C. The number of nitrogens with one attached hydrogen (secondary N) is 2. The Bertz CT molecular complexity index is 1180. The Morgan fingerprint density at radius 1 is 1.03 bits per heavy atom. The largest absolute Gasteiger partial charge is 0.481 e. The Labute approximate surface area is 176 Å². The van der Waals surface area contributed by atoms with E-state index in [1.54, 1.807) is 43.5 Å². The molecule has 8 heteroatoms. The molecule has 0 aliphatic heterocycles. The van der Waals surface area contributed by atoms with Gasteiger partial charge < -0.3 is 10.1 Å². The highest BCUT2D eigenvalue weighted by Gasteiger charge is 2.19. The summed E-state index contributed by atoms with van der Waals surface area (Å²) in [6, 6.07) is 15.1. The Morgan fingerprint density at radius 3 is 2.53 bits per heavy atom. The van der Waals surface area contributed by atoms with Gasteiger partial charge in [0.15, 0.2) is 0 Å². The minimum Gasteiger partial charge on any atom is -0.481 e. The van der Waals surface area contributed by atoms with Crippen LogP contribution in [0.3, 0.4) is 0 Å². The van der Waals surface area contributed by atoms with Crippen molar-refractivity contribution < 1.29 is 17.9 Å². The lowest BCUT2D eigenvalue weighted by atomic mass is 10.1. The average Bonchev–Trinajstić information content (AvgIpc) is 2.74. The Balaban J connectivity index is 1.82. The number of nitrogens with zero attached hydrogens (tertiary/aromatic N) is 1. The van der Waals surface area contributed by atoms with Crippen molar-refractivity contribution >= 4 is 21.6 Å². The number of para-hydroxylation sites is 1. The van der Waals surface area contributed by atoms with Gasteiger partial charge in [-0.1, -0.05) is 30.3 Å². The van der Waals surface area contributed by atoms with Crippen LogP contribution in [0.4, 0.5) is 5.69 Å². The van der Waals surface area contributed by atoms with E-state index in [-0.39, 0.29) is 22.9 Å². The summed E-state index contributed by atoms with van der Waals surface area (Å²) in [7, 11) is -2.34. The normalized spacial score (nSPS) is 11.0. The standard InChI is InChI=1S/C22H23N3O4S/c1-15-10-11-18(30(27,28)25-20-9-5-4-7-16(20)2)13-19(15)21(26)24-14-17-8-6-12-23-22(17)29-3/h4-13,25H,14H2,1-3H3,(H,24,26). The van der Waals surface area contributed by atoms with Gasteiger partial charge in [0, 0.05) is 23.9 Å². The van der Waals surface area contributed by atoms with Crippen LogP contribution in [0.2, 0.25) is 0 Å². The van der Waals surface area contributed by atoms with Crippen LogP contribution in [0.25, 0.3) is 0 Å². The van der Waals surface area contributed by atoms with Gasteiger partial charge in [-0.25, -0.2) is 13.4 Å². The van der Waals surface area contributed by atoms with Crippen LogP contribution in [-0.4, -0.2) is 26.4 Å². The Hall–Kier alpha value is -3.39. The fourth-order valence-electron chi connectivity index (χ4n) is 2.92. The zero-order valence-corrected chi connectivity index (χ0v) is 17.8. The van der Waals surface area contributed by atoms with Gasteiger partial charge in [-0.3, -0.25) is 9.52 Å². The summed E-state index contributed by atoms with van der Waals surface area (Å²) in [5.41, 5.74) is 2.96. The van der Waals surface area contributed by atoms with Crippen LogP contribution in [0, 0.1) is 13.8 Å². The summed E-state index contributed by atoms with van der Waals surface area (Å²) in [5.74, 6) is 0.0413. The lowest BCUT2D eigenvalue weighted by Crippen LogP contribution is -2.24. The van der Waals surface area contributed by atoms with Gasteiger partial charge in [0.25, 0.3) is 15.9 Å². The molecule has 0 radical (unpaired) electrons. The molecule has 0 aliphatic carbocycles. The molecule has 1 amide bonds. The van der Waals surface area contributed by atoms with Gasteiger partial charge in [-0.2, -0.15) is 0 Å². The van der Waals surface area contributed by atoms with Gasteiger partial charge >= 0.3 is 0 Å². The molecule has 1 aromatic heterocycles. The molecule has 0 saturated heterocycles. The maximum Gasteiger partial charge on any atom is 0.261 e. The number of rotatable bonds is 7. The van der Waals surface area contributed by atoms with E-state index in [0.29, 0.717) is 17.1 Å². The van der Waals surface area contributed by atoms with Crippen LogP contribution in [-0.2, 0) is 16.6 Å². The maximum absolute atomic E-state index is 12.8. The second kappa shape index (κ2) is 8.96. The molecule has 1 heterocycles. The molecule has 0 unspecified atom stereocenters. The summed E-state index contributed by atoms with van der Waals surface area (Å²) >= 11 is 0. The highest BCUT2D eigenvalue weighted by molar-refractivity contribution is 7.92. The molecule has 0 saturated carbocycles. The van der Waals surface area contributed by atoms with E-state index in [2.05, 4.69) is 15.0 Å². The molecule has 0 bridgehead atoms. The number of benzene rings is 2. The Kier molecular flexibility index (Phi) is 6.37. The number of pyridine rings is 1. The number of aryl methyl sites for hydroxylation is 2. The average molecular weight is 426 g/mol. The zero-order valence-electron chi connectivity index (χ0n) is 17.0. The van der Waals surface area contributed by atoms with Crippen LogP contribution in [0.5, 0.6) is 5.88 Å². The number of methoxy groups -OCH3 is 1. The van der Waals surface area contributed by atoms with E-state index in [9.17, 15) is 13.2 Å². The van der Waals surface area contributed by atoms with Crippen molar-refractivity contribution in [3.8, 4) is 5.88 Å². The molecule has 30 heavy (non-hydrogen) atoms. The molecule has 2 aromatic carbocycles. The zero-order chi connectivity index (χ0) is 21.7. The molecule has 0 spiro atoms. The van der Waals surface area contributed by atoms with Crippen LogP contribution >= 0.6 is 0 Å². The molecular formula is C22H23N3O4S. The predicted molar refractivity (Wildman–Crippen MR) is 115 cm³/mol.